The molecule has 168 valence electrons. The largest absolute Gasteiger partial charge is 0.481 e. The normalized spacial score (nSPS) is 16.2. The number of hydrogen-bond donors (Lipinski definition) is 2. The lowest BCUT2D eigenvalue weighted by Gasteiger charge is -2.39. The van der Waals surface area contributed by atoms with Gasteiger partial charge in [-0.3, -0.25) is 9.59 Å². The molecule has 0 aromatic heterocycles. The molecule has 1 atom stereocenters. The molecule has 1 fully saturated rings. The maximum absolute atomic E-state index is 12.8. The fourth-order valence-corrected chi connectivity index (χ4v) is 4.51. The third-order valence-electron chi connectivity index (χ3n) is 6.18. The fraction of sp³-hybridized carbons (Fsp3) is 0.400. The van der Waals surface area contributed by atoms with Crippen LogP contribution in [0.5, 0.6) is 0 Å². The van der Waals surface area contributed by atoms with E-state index in [-0.39, 0.29) is 37.4 Å². The molecule has 1 aliphatic heterocycles. The van der Waals surface area contributed by atoms with E-state index in [1.165, 1.54) is 4.90 Å². The van der Waals surface area contributed by atoms with Crippen LogP contribution in [-0.4, -0.2) is 53.7 Å². The van der Waals surface area contributed by atoms with Gasteiger partial charge in [0.15, 0.2) is 0 Å². The number of carbonyl (C=O) groups excluding carboxylic acids is 2. The van der Waals surface area contributed by atoms with E-state index in [0.717, 1.165) is 22.3 Å². The van der Waals surface area contributed by atoms with Crippen molar-refractivity contribution < 1.29 is 24.2 Å². The fourth-order valence-electron chi connectivity index (χ4n) is 4.51. The number of alkyl carbamates (subject to hydrolysis) is 1. The van der Waals surface area contributed by atoms with E-state index in [9.17, 15) is 14.4 Å². The molecule has 0 saturated carbocycles. The number of likely N-dealkylation sites (tertiary alicyclic amines) is 1. The van der Waals surface area contributed by atoms with E-state index in [1.54, 1.807) is 0 Å². The van der Waals surface area contributed by atoms with Crippen LogP contribution >= 0.6 is 0 Å². The van der Waals surface area contributed by atoms with Crippen molar-refractivity contribution in [3.8, 4) is 11.1 Å². The van der Waals surface area contributed by atoms with Gasteiger partial charge in [0.1, 0.15) is 12.6 Å². The Kier molecular flexibility index (Phi) is 6.17. The van der Waals surface area contributed by atoms with Gasteiger partial charge in [-0.2, -0.15) is 0 Å². The number of carboxylic acids is 1. The van der Waals surface area contributed by atoms with Crippen LogP contribution in [0.15, 0.2) is 48.5 Å². The monoisotopic (exact) mass is 436 g/mol. The van der Waals surface area contributed by atoms with E-state index >= 15 is 0 Å². The first-order valence-electron chi connectivity index (χ1n) is 11.0. The summed E-state index contributed by atoms with van der Waals surface area (Å²) in [6, 6.07) is 15.5. The van der Waals surface area contributed by atoms with E-state index in [4.69, 9.17) is 9.84 Å². The Labute approximate surface area is 187 Å². The Morgan fingerprint density at radius 2 is 1.59 bits per heavy atom. The Morgan fingerprint density at radius 3 is 2.12 bits per heavy atom. The lowest BCUT2D eigenvalue weighted by atomic mass is 9.96. The predicted molar refractivity (Wildman–Crippen MR) is 119 cm³/mol. The van der Waals surface area contributed by atoms with Gasteiger partial charge in [-0.15, -0.1) is 0 Å². The number of nitrogens with one attached hydrogen (secondary N) is 1. The van der Waals surface area contributed by atoms with Crippen LogP contribution in [0.1, 0.15) is 37.3 Å². The van der Waals surface area contributed by atoms with Gasteiger partial charge in [-0.1, -0.05) is 62.4 Å². The molecule has 7 heteroatoms. The zero-order chi connectivity index (χ0) is 22.8. The van der Waals surface area contributed by atoms with E-state index in [2.05, 4.69) is 29.6 Å². The highest BCUT2D eigenvalue weighted by atomic mass is 16.5. The van der Waals surface area contributed by atoms with Crippen LogP contribution in [0, 0.1) is 11.8 Å². The molecule has 2 aromatic rings. The molecule has 0 spiro atoms. The van der Waals surface area contributed by atoms with E-state index in [0.29, 0.717) is 6.42 Å². The van der Waals surface area contributed by atoms with Crippen molar-refractivity contribution in [2.24, 2.45) is 11.8 Å². The lowest BCUT2D eigenvalue weighted by Crippen LogP contribution is -2.59. The van der Waals surface area contributed by atoms with Crippen LogP contribution in [0.3, 0.4) is 0 Å². The van der Waals surface area contributed by atoms with Gasteiger partial charge >= 0.3 is 12.1 Å². The summed E-state index contributed by atoms with van der Waals surface area (Å²) in [5, 5.41) is 11.8. The molecule has 1 aliphatic carbocycles. The van der Waals surface area contributed by atoms with Crippen molar-refractivity contribution in [3.05, 3.63) is 59.7 Å². The molecule has 2 aromatic carbocycles. The standard InChI is InChI=1S/C25H28N2O5/c1-15(2)11-22(23(28)27-12-16(13-27)24(29)30)26-25(31)32-14-21-19-9-5-3-7-17(19)18-8-4-6-10-20(18)21/h3-10,15-16,21-22H,11-14H2,1-2H3,(H,26,31)(H,29,30). The summed E-state index contributed by atoms with van der Waals surface area (Å²) in [5.41, 5.74) is 4.54. The van der Waals surface area contributed by atoms with Crippen molar-refractivity contribution in [3.63, 3.8) is 0 Å². The zero-order valence-electron chi connectivity index (χ0n) is 18.3. The Bertz CT molecular complexity index is 983. The van der Waals surface area contributed by atoms with Gasteiger partial charge in [0.05, 0.1) is 5.92 Å². The molecular formula is C25H28N2O5. The number of hydrogen-bond acceptors (Lipinski definition) is 4. The third kappa shape index (κ3) is 4.33. The lowest BCUT2D eigenvalue weighted by molar-refractivity contribution is -0.153. The molecule has 2 aliphatic rings. The van der Waals surface area contributed by atoms with Gasteiger partial charge in [-0.25, -0.2) is 4.79 Å². The number of benzene rings is 2. The number of amides is 2. The number of ether oxygens (including phenoxy) is 1. The number of nitrogens with zero attached hydrogens (tertiary/aromatic N) is 1. The van der Waals surface area contributed by atoms with Crippen LogP contribution < -0.4 is 5.32 Å². The smallest absolute Gasteiger partial charge is 0.407 e. The first-order valence-corrected chi connectivity index (χ1v) is 11.0. The van der Waals surface area contributed by atoms with Gasteiger partial charge in [-0.05, 0) is 34.6 Å². The molecule has 1 saturated heterocycles. The highest BCUT2D eigenvalue weighted by molar-refractivity contribution is 5.88. The molecule has 0 bridgehead atoms. The third-order valence-corrected chi connectivity index (χ3v) is 6.18. The molecular weight excluding hydrogens is 408 g/mol. The van der Waals surface area contributed by atoms with Crippen molar-refractivity contribution in [2.45, 2.75) is 32.2 Å². The molecule has 32 heavy (non-hydrogen) atoms. The number of fused-ring (bicyclic) bond motifs is 3. The van der Waals surface area contributed by atoms with Crippen molar-refractivity contribution in [2.75, 3.05) is 19.7 Å². The number of aliphatic carboxylic acids is 1. The second-order valence-corrected chi connectivity index (χ2v) is 8.93. The molecule has 2 N–H and O–H groups in total. The van der Waals surface area contributed by atoms with Crippen molar-refractivity contribution in [1.82, 2.24) is 10.2 Å². The minimum Gasteiger partial charge on any atom is -0.481 e. The molecule has 1 heterocycles. The number of carbonyl (C=O) groups is 3. The summed E-state index contributed by atoms with van der Waals surface area (Å²) in [7, 11) is 0. The summed E-state index contributed by atoms with van der Waals surface area (Å²) in [4.78, 5) is 38.0. The summed E-state index contributed by atoms with van der Waals surface area (Å²) >= 11 is 0. The first-order chi connectivity index (χ1) is 15.3. The Morgan fingerprint density at radius 1 is 1.03 bits per heavy atom. The maximum Gasteiger partial charge on any atom is 0.407 e. The molecule has 2 amide bonds. The highest BCUT2D eigenvalue weighted by Crippen LogP contribution is 2.44. The van der Waals surface area contributed by atoms with Gasteiger partial charge in [0.25, 0.3) is 0 Å². The first kappa shape index (κ1) is 21.9. The van der Waals surface area contributed by atoms with Crippen LogP contribution in [0.4, 0.5) is 4.79 Å². The summed E-state index contributed by atoms with van der Waals surface area (Å²) < 4.78 is 5.58. The SMILES string of the molecule is CC(C)CC(NC(=O)OCC1c2ccccc2-c2ccccc21)C(=O)N1CC(C(=O)O)C1. The van der Waals surface area contributed by atoms with E-state index < -0.39 is 24.0 Å². The van der Waals surface area contributed by atoms with Crippen LogP contribution in [0.2, 0.25) is 0 Å². The quantitative estimate of drug-likeness (QED) is 0.693. The van der Waals surface area contributed by atoms with Crippen LogP contribution in [-0.2, 0) is 14.3 Å². The van der Waals surface area contributed by atoms with Gasteiger partial charge < -0.3 is 20.1 Å². The van der Waals surface area contributed by atoms with Crippen molar-refractivity contribution >= 4 is 18.0 Å². The Balaban J connectivity index is 1.40. The predicted octanol–water partition coefficient (Wildman–Crippen LogP) is 3.48. The Hall–Kier alpha value is -3.35. The zero-order valence-corrected chi connectivity index (χ0v) is 18.3. The minimum atomic E-state index is -0.904. The van der Waals surface area contributed by atoms with Crippen molar-refractivity contribution in [1.29, 1.82) is 0 Å². The topological polar surface area (TPSA) is 95.9 Å². The van der Waals surface area contributed by atoms with E-state index in [1.807, 2.05) is 38.1 Å². The summed E-state index contributed by atoms with van der Waals surface area (Å²) in [6.07, 6.45) is -0.182. The van der Waals surface area contributed by atoms with Gasteiger partial charge in [0.2, 0.25) is 5.91 Å². The average molecular weight is 437 g/mol. The minimum absolute atomic E-state index is 0.0564. The maximum atomic E-state index is 12.8. The molecule has 7 nitrogen and oxygen atoms in total. The average Bonchev–Trinajstić information content (AvgIpc) is 3.04. The second kappa shape index (κ2) is 9.02. The number of carboxylic acid groups (broad SMARTS) is 1. The summed E-state index contributed by atoms with van der Waals surface area (Å²) in [6.45, 7) is 4.46. The summed E-state index contributed by atoms with van der Waals surface area (Å²) in [5.74, 6) is -1.58. The molecule has 1 unspecified atom stereocenters. The van der Waals surface area contributed by atoms with Gasteiger partial charge in [0, 0.05) is 19.0 Å². The molecule has 0 radical (unpaired) electrons. The second-order valence-electron chi connectivity index (χ2n) is 8.93. The number of rotatable bonds is 7. The van der Waals surface area contributed by atoms with Crippen LogP contribution in [0.25, 0.3) is 11.1 Å². The molecule has 4 rings (SSSR count). The highest BCUT2D eigenvalue weighted by Gasteiger charge is 2.39.